The average Bonchev–Trinajstić information content (AvgIpc) is 2.32. The van der Waals surface area contributed by atoms with Crippen LogP contribution in [0.15, 0.2) is 24.3 Å². The first kappa shape index (κ1) is 15.6. The van der Waals surface area contributed by atoms with Crippen LogP contribution >= 0.6 is 0 Å². The number of nitrogens with two attached hydrogens (primary N) is 1. The summed E-state index contributed by atoms with van der Waals surface area (Å²) in [5.41, 5.74) is 6.36. The number of hydrogen-bond acceptors (Lipinski definition) is 4. The quantitative estimate of drug-likeness (QED) is 0.763. The molecule has 1 aromatic carbocycles. The van der Waals surface area contributed by atoms with Crippen LogP contribution in [0.1, 0.15) is 0 Å². The van der Waals surface area contributed by atoms with E-state index in [-0.39, 0.29) is 24.3 Å². The van der Waals surface area contributed by atoms with Gasteiger partial charge in [-0.3, -0.25) is 9.69 Å². The highest BCUT2D eigenvalue weighted by Gasteiger charge is 2.10. The molecule has 106 valence electrons. The first-order valence-electron chi connectivity index (χ1n) is 5.99. The largest absolute Gasteiger partial charge is 0.383 e. The van der Waals surface area contributed by atoms with Crippen LogP contribution in [0.5, 0.6) is 0 Å². The smallest absolute Gasteiger partial charge is 0.238 e. The Balaban J connectivity index is 2.36. The number of carbonyl (C=O) groups is 1. The van der Waals surface area contributed by atoms with E-state index in [9.17, 15) is 9.18 Å². The molecule has 3 N–H and O–H groups in total. The van der Waals surface area contributed by atoms with Crippen LogP contribution in [0.25, 0.3) is 0 Å². The van der Waals surface area contributed by atoms with Crippen molar-refractivity contribution in [2.45, 2.75) is 6.04 Å². The predicted molar refractivity (Wildman–Crippen MR) is 72.4 cm³/mol. The second kappa shape index (κ2) is 7.83. The van der Waals surface area contributed by atoms with Crippen LogP contribution in [0.2, 0.25) is 0 Å². The van der Waals surface area contributed by atoms with Gasteiger partial charge in [0.1, 0.15) is 5.82 Å². The van der Waals surface area contributed by atoms with Gasteiger partial charge in [-0.25, -0.2) is 4.39 Å². The standard InChI is InChI=1S/C13H20FN3O2/c1-17(7-11(15)9-19-2)8-13(18)16-12-5-3-10(14)4-6-12/h3-6,11H,7-9,15H2,1-2H3,(H,16,18). The molecule has 0 spiro atoms. The van der Waals surface area contributed by atoms with Gasteiger partial charge in [-0.05, 0) is 31.3 Å². The zero-order valence-corrected chi connectivity index (χ0v) is 11.2. The van der Waals surface area contributed by atoms with E-state index in [4.69, 9.17) is 10.5 Å². The molecule has 0 aliphatic rings. The molecule has 0 aliphatic carbocycles. The summed E-state index contributed by atoms with van der Waals surface area (Å²) < 4.78 is 17.6. The number of hydrogen-bond donors (Lipinski definition) is 2. The predicted octanol–water partition coefficient (Wildman–Crippen LogP) is 0.670. The molecule has 0 bridgehead atoms. The Morgan fingerprint density at radius 1 is 1.47 bits per heavy atom. The van der Waals surface area contributed by atoms with Crippen LogP contribution in [-0.4, -0.2) is 50.7 Å². The molecule has 1 aromatic rings. The van der Waals surface area contributed by atoms with Crippen molar-refractivity contribution in [2.75, 3.05) is 39.2 Å². The molecule has 5 nitrogen and oxygen atoms in total. The Kier molecular flexibility index (Phi) is 6.41. The van der Waals surface area contributed by atoms with Crippen molar-refractivity contribution in [3.8, 4) is 0 Å². The van der Waals surface area contributed by atoms with Crippen molar-refractivity contribution in [3.05, 3.63) is 30.1 Å². The van der Waals surface area contributed by atoms with Crippen molar-refractivity contribution in [1.29, 1.82) is 0 Å². The third kappa shape index (κ3) is 6.28. The lowest BCUT2D eigenvalue weighted by Gasteiger charge is -2.20. The van der Waals surface area contributed by atoms with Gasteiger partial charge < -0.3 is 15.8 Å². The number of halogens is 1. The molecular weight excluding hydrogens is 249 g/mol. The number of carbonyl (C=O) groups excluding carboxylic acids is 1. The second-order valence-corrected chi connectivity index (χ2v) is 4.47. The highest BCUT2D eigenvalue weighted by Crippen LogP contribution is 2.07. The van der Waals surface area contributed by atoms with Gasteiger partial charge in [0, 0.05) is 25.4 Å². The van der Waals surface area contributed by atoms with Crippen molar-refractivity contribution in [1.82, 2.24) is 4.90 Å². The van der Waals surface area contributed by atoms with E-state index in [1.54, 1.807) is 14.2 Å². The minimum atomic E-state index is -0.333. The number of amides is 1. The van der Waals surface area contributed by atoms with E-state index in [1.165, 1.54) is 24.3 Å². The van der Waals surface area contributed by atoms with E-state index in [0.717, 1.165) is 0 Å². The lowest BCUT2D eigenvalue weighted by Crippen LogP contribution is -2.41. The molecule has 1 unspecified atom stereocenters. The van der Waals surface area contributed by atoms with Gasteiger partial charge in [-0.1, -0.05) is 0 Å². The Hall–Kier alpha value is -1.50. The van der Waals surface area contributed by atoms with Crippen LogP contribution in [0.3, 0.4) is 0 Å². The fraction of sp³-hybridized carbons (Fsp3) is 0.462. The maximum Gasteiger partial charge on any atom is 0.238 e. The molecule has 0 aromatic heterocycles. The number of ether oxygens (including phenoxy) is 1. The van der Waals surface area contributed by atoms with Crippen molar-refractivity contribution < 1.29 is 13.9 Å². The molecule has 0 heterocycles. The van der Waals surface area contributed by atoms with Crippen LogP contribution < -0.4 is 11.1 Å². The van der Waals surface area contributed by atoms with Gasteiger partial charge in [-0.15, -0.1) is 0 Å². The number of methoxy groups -OCH3 is 1. The third-order valence-corrected chi connectivity index (χ3v) is 2.47. The number of anilines is 1. The minimum Gasteiger partial charge on any atom is -0.383 e. The number of benzene rings is 1. The molecule has 0 radical (unpaired) electrons. The van der Waals surface area contributed by atoms with Crippen LogP contribution in [-0.2, 0) is 9.53 Å². The highest BCUT2D eigenvalue weighted by atomic mass is 19.1. The summed E-state index contributed by atoms with van der Waals surface area (Å²) in [5, 5.41) is 2.69. The van der Waals surface area contributed by atoms with E-state index < -0.39 is 0 Å². The summed E-state index contributed by atoms with van der Waals surface area (Å²) in [6, 6.07) is 5.50. The Morgan fingerprint density at radius 2 is 2.11 bits per heavy atom. The zero-order chi connectivity index (χ0) is 14.3. The summed E-state index contributed by atoms with van der Waals surface area (Å²) in [6.45, 7) is 1.23. The SMILES string of the molecule is COCC(N)CN(C)CC(=O)Nc1ccc(F)cc1. The molecule has 19 heavy (non-hydrogen) atoms. The van der Waals surface area contributed by atoms with E-state index in [0.29, 0.717) is 18.8 Å². The number of likely N-dealkylation sites (N-methyl/N-ethyl adjacent to an activating group) is 1. The zero-order valence-electron chi connectivity index (χ0n) is 11.2. The van der Waals surface area contributed by atoms with Gasteiger partial charge >= 0.3 is 0 Å². The number of rotatable bonds is 7. The molecule has 1 amide bonds. The summed E-state index contributed by atoms with van der Waals surface area (Å²) in [6.07, 6.45) is 0. The van der Waals surface area contributed by atoms with Gasteiger partial charge in [0.15, 0.2) is 0 Å². The Labute approximate surface area is 112 Å². The van der Waals surface area contributed by atoms with Gasteiger partial charge in [0.2, 0.25) is 5.91 Å². The fourth-order valence-electron chi connectivity index (χ4n) is 1.71. The summed E-state index contributed by atoms with van der Waals surface area (Å²) in [5.74, 6) is -0.501. The lowest BCUT2D eigenvalue weighted by molar-refractivity contribution is -0.117. The van der Waals surface area contributed by atoms with Crippen LogP contribution in [0.4, 0.5) is 10.1 Å². The molecule has 0 aliphatic heterocycles. The van der Waals surface area contributed by atoms with E-state index in [2.05, 4.69) is 5.32 Å². The topological polar surface area (TPSA) is 67.6 Å². The third-order valence-electron chi connectivity index (χ3n) is 2.47. The summed E-state index contributed by atoms with van der Waals surface area (Å²) >= 11 is 0. The monoisotopic (exact) mass is 269 g/mol. The molecule has 1 atom stereocenters. The van der Waals surface area contributed by atoms with Crippen molar-refractivity contribution >= 4 is 11.6 Å². The minimum absolute atomic E-state index is 0.131. The lowest BCUT2D eigenvalue weighted by atomic mass is 10.3. The van der Waals surface area contributed by atoms with Gasteiger partial charge in [-0.2, -0.15) is 0 Å². The van der Waals surface area contributed by atoms with Crippen molar-refractivity contribution in [2.24, 2.45) is 5.73 Å². The number of nitrogens with zero attached hydrogens (tertiary/aromatic N) is 1. The molecular formula is C13H20FN3O2. The second-order valence-electron chi connectivity index (χ2n) is 4.47. The molecule has 0 saturated carbocycles. The molecule has 6 heteroatoms. The van der Waals surface area contributed by atoms with Crippen molar-refractivity contribution in [3.63, 3.8) is 0 Å². The highest BCUT2D eigenvalue weighted by molar-refractivity contribution is 5.92. The summed E-state index contributed by atoms with van der Waals surface area (Å²) in [4.78, 5) is 13.5. The molecule has 0 saturated heterocycles. The fourth-order valence-corrected chi connectivity index (χ4v) is 1.71. The first-order valence-corrected chi connectivity index (χ1v) is 5.99. The van der Waals surface area contributed by atoms with Gasteiger partial charge in [0.05, 0.1) is 13.2 Å². The van der Waals surface area contributed by atoms with E-state index in [1.807, 2.05) is 4.90 Å². The Bertz CT molecular complexity index is 397. The normalized spacial score (nSPS) is 12.5. The van der Waals surface area contributed by atoms with Gasteiger partial charge in [0.25, 0.3) is 0 Å². The first-order chi connectivity index (χ1) is 9.01. The summed E-state index contributed by atoms with van der Waals surface area (Å²) in [7, 11) is 3.39. The average molecular weight is 269 g/mol. The Morgan fingerprint density at radius 3 is 2.68 bits per heavy atom. The number of nitrogens with one attached hydrogen (secondary N) is 1. The van der Waals surface area contributed by atoms with E-state index >= 15 is 0 Å². The molecule has 0 fully saturated rings. The maximum absolute atomic E-state index is 12.7. The van der Waals surface area contributed by atoms with Crippen LogP contribution in [0, 0.1) is 5.82 Å². The molecule has 1 rings (SSSR count). The maximum atomic E-state index is 12.7.